The second-order valence-corrected chi connectivity index (χ2v) is 2.99. The van der Waals surface area contributed by atoms with E-state index in [9.17, 15) is 4.39 Å². The molecule has 1 aliphatic heterocycles. The summed E-state index contributed by atoms with van der Waals surface area (Å²) in [5.74, 6) is 0. The van der Waals surface area contributed by atoms with E-state index in [0.29, 0.717) is 0 Å². The van der Waals surface area contributed by atoms with Crippen LogP contribution in [0.15, 0.2) is 12.2 Å². The van der Waals surface area contributed by atoms with Gasteiger partial charge in [0.15, 0.2) is 0 Å². The summed E-state index contributed by atoms with van der Waals surface area (Å²) >= 11 is 0. The lowest BCUT2D eigenvalue weighted by Crippen LogP contribution is -2.20. The first kappa shape index (κ1) is 9.68. The van der Waals surface area contributed by atoms with Crippen molar-refractivity contribution in [1.29, 1.82) is 0 Å². The number of alkyl halides is 1. The van der Waals surface area contributed by atoms with Gasteiger partial charge < -0.3 is 10.1 Å². The molecule has 0 amide bonds. The number of ether oxygens (including phenoxy) is 1. The first-order chi connectivity index (χ1) is 5.83. The van der Waals surface area contributed by atoms with Gasteiger partial charge in [-0.3, -0.25) is 0 Å². The van der Waals surface area contributed by atoms with Crippen LogP contribution in [0, 0.1) is 0 Å². The number of hydrogen-bond acceptors (Lipinski definition) is 2. The molecule has 3 heteroatoms. The van der Waals surface area contributed by atoms with Crippen molar-refractivity contribution in [2.45, 2.75) is 25.6 Å². The molecule has 2 unspecified atom stereocenters. The second kappa shape index (κ2) is 5.27. The Kier molecular flexibility index (Phi) is 4.25. The standard InChI is InChI=1S/C9H16FNO/c1-2-3-8(10)7-12-9-4-5-11-6-9/h2-3,8-9,11H,4-7H2,1H3/b3-2+. The smallest absolute Gasteiger partial charge is 0.141 e. The van der Waals surface area contributed by atoms with Crippen LogP contribution in [-0.2, 0) is 4.74 Å². The minimum atomic E-state index is -0.949. The fourth-order valence-corrected chi connectivity index (χ4v) is 1.26. The van der Waals surface area contributed by atoms with Gasteiger partial charge in [0.25, 0.3) is 0 Å². The molecule has 1 fully saturated rings. The first-order valence-corrected chi connectivity index (χ1v) is 4.42. The van der Waals surface area contributed by atoms with Crippen LogP contribution in [0.25, 0.3) is 0 Å². The molecule has 2 nitrogen and oxygen atoms in total. The van der Waals surface area contributed by atoms with E-state index in [1.807, 2.05) is 6.92 Å². The van der Waals surface area contributed by atoms with Crippen LogP contribution in [0.5, 0.6) is 0 Å². The average molecular weight is 173 g/mol. The normalized spacial score (nSPS) is 26.7. The molecule has 0 aromatic carbocycles. The zero-order chi connectivity index (χ0) is 8.81. The summed E-state index contributed by atoms with van der Waals surface area (Å²) < 4.78 is 18.2. The molecule has 1 saturated heterocycles. The highest BCUT2D eigenvalue weighted by Gasteiger charge is 2.15. The topological polar surface area (TPSA) is 21.3 Å². The fraction of sp³-hybridized carbons (Fsp3) is 0.778. The van der Waals surface area contributed by atoms with E-state index in [1.54, 1.807) is 6.08 Å². The van der Waals surface area contributed by atoms with Gasteiger partial charge in [-0.2, -0.15) is 0 Å². The van der Waals surface area contributed by atoms with Crippen molar-refractivity contribution >= 4 is 0 Å². The molecule has 1 heterocycles. The van der Waals surface area contributed by atoms with Gasteiger partial charge >= 0.3 is 0 Å². The zero-order valence-electron chi connectivity index (χ0n) is 7.42. The van der Waals surface area contributed by atoms with E-state index in [1.165, 1.54) is 6.08 Å². The van der Waals surface area contributed by atoms with Crippen LogP contribution >= 0.6 is 0 Å². The molecule has 1 N–H and O–H groups in total. The van der Waals surface area contributed by atoms with Gasteiger partial charge in [0.1, 0.15) is 6.17 Å². The summed E-state index contributed by atoms with van der Waals surface area (Å²) in [6.45, 7) is 3.86. The Hall–Kier alpha value is -0.410. The Morgan fingerprint density at radius 3 is 3.17 bits per heavy atom. The summed E-state index contributed by atoms with van der Waals surface area (Å²) in [6, 6.07) is 0. The molecule has 0 aromatic rings. The molecular formula is C9H16FNO. The lowest BCUT2D eigenvalue weighted by Gasteiger charge is -2.10. The Bertz CT molecular complexity index is 143. The highest BCUT2D eigenvalue weighted by atomic mass is 19.1. The van der Waals surface area contributed by atoms with Gasteiger partial charge in [-0.05, 0) is 19.9 Å². The maximum atomic E-state index is 12.8. The molecule has 12 heavy (non-hydrogen) atoms. The zero-order valence-corrected chi connectivity index (χ0v) is 7.42. The fourth-order valence-electron chi connectivity index (χ4n) is 1.26. The molecule has 2 atom stereocenters. The Labute approximate surface area is 72.8 Å². The molecule has 70 valence electrons. The quantitative estimate of drug-likeness (QED) is 0.647. The SMILES string of the molecule is C/C=C/C(F)COC1CCNC1. The van der Waals surface area contributed by atoms with E-state index < -0.39 is 6.17 Å². The first-order valence-electron chi connectivity index (χ1n) is 4.42. The van der Waals surface area contributed by atoms with Gasteiger partial charge in [-0.25, -0.2) is 4.39 Å². The molecule has 0 spiro atoms. The maximum absolute atomic E-state index is 12.8. The van der Waals surface area contributed by atoms with Gasteiger partial charge in [0.2, 0.25) is 0 Å². The van der Waals surface area contributed by atoms with E-state index in [-0.39, 0.29) is 12.7 Å². The Balaban J connectivity index is 2.07. The van der Waals surface area contributed by atoms with Crippen molar-refractivity contribution in [3.63, 3.8) is 0 Å². The summed E-state index contributed by atoms with van der Waals surface area (Å²) in [5, 5.41) is 3.16. The maximum Gasteiger partial charge on any atom is 0.141 e. The minimum Gasteiger partial charge on any atom is -0.373 e. The highest BCUT2D eigenvalue weighted by Crippen LogP contribution is 2.05. The lowest BCUT2D eigenvalue weighted by atomic mass is 10.3. The van der Waals surface area contributed by atoms with E-state index >= 15 is 0 Å². The van der Waals surface area contributed by atoms with Crippen LogP contribution in [0.1, 0.15) is 13.3 Å². The number of hydrogen-bond donors (Lipinski definition) is 1. The molecule has 0 radical (unpaired) electrons. The predicted octanol–water partition coefficient (Wildman–Crippen LogP) is 1.28. The number of rotatable bonds is 4. The summed E-state index contributed by atoms with van der Waals surface area (Å²) in [7, 11) is 0. The molecule has 0 aliphatic carbocycles. The molecule has 1 rings (SSSR count). The van der Waals surface area contributed by atoms with Crippen LogP contribution in [-0.4, -0.2) is 32.0 Å². The van der Waals surface area contributed by atoms with Crippen molar-refractivity contribution in [2.75, 3.05) is 19.7 Å². The number of halogens is 1. The van der Waals surface area contributed by atoms with Gasteiger partial charge in [-0.15, -0.1) is 0 Å². The van der Waals surface area contributed by atoms with E-state index in [4.69, 9.17) is 4.74 Å². The second-order valence-electron chi connectivity index (χ2n) is 2.99. The van der Waals surface area contributed by atoms with E-state index in [2.05, 4.69) is 5.32 Å². The summed E-state index contributed by atoms with van der Waals surface area (Å²) in [5.41, 5.74) is 0. The molecule has 0 aromatic heterocycles. The van der Waals surface area contributed by atoms with Crippen molar-refractivity contribution in [2.24, 2.45) is 0 Å². The van der Waals surface area contributed by atoms with E-state index in [0.717, 1.165) is 19.5 Å². The van der Waals surface area contributed by atoms with Crippen LogP contribution in [0.2, 0.25) is 0 Å². The summed E-state index contributed by atoms with van der Waals surface area (Å²) in [4.78, 5) is 0. The van der Waals surface area contributed by atoms with Gasteiger partial charge in [-0.1, -0.05) is 12.2 Å². The summed E-state index contributed by atoms with van der Waals surface area (Å²) in [6.07, 6.45) is 3.50. The number of allylic oxidation sites excluding steroid dienone is 1. The molecule has 1 aliphatic rings. The van der Waals surface area contributed by atoms with Crippen LogP contribution in [0.3, 0.4) is 0 Å². The van der Waals surface area contributed by atoms with Crippen molar-refractivity contribution < 1.29 is 9.13 Å². The third kappa shape index (κ3) is 3.32. The van der Waals surface area contributed by atoms with Crippen molar-refractivity contribution in [3.8, 4) is 0 Å². The lowest BCUT2D eigenvalue weighted by molar-refractivity contribution is 0.0411. The number of nitrogens with one attached hydrogen (secondary N) is 1. The van der Waals surface area contributed by atoms with Crippen molar-refractivity contribution in [3.05, 3.63) is 12.2 Å². The Morgan fingerprint density at radius 2 is 2.58 bits per heavy atom. The third-order valence-electron chi connectivity index (χ3n) is 1.91. The average Bonchev–Trinajstić information content (AvgIpc) is 2.53. The van der Waals surface area contributed by atoms with Crippen LogP contribution in [0.4, 0.5) is 4.39 Å². The van der Waals surface area contributed by atoms with Crippen LogP contribution < -0.4 is 5.32 Å². The van der Waals surface area contributed by atoms with Gasteiger partial charge in [0.05, 0.1) is 12.7 Å². The van der Waals surface area contributed by atoms with Crippen molar-refractivity contribution in [1.82, 2.24) is 5.32 Å². The Morgan fingerprint density at radius 1 is 1.75 bits per heavy atom. The largest absolute Gasteiger partial charge is 0.373 e. The monoisotopic (exact) mass is 173 g/mol. The molecular weight excluding hydrogens is 157 g/mol. The highest BCUT2D eigenvalue weighted by molar-refractivity contribution is 4.86. The predicted molar refractivity (Wildman–Crippen MR) is 46.9 cm³/mol. The molecule has 0 saturated carbocycles. The minimum absolute atomic E-state index is 0.191. The molecule has 0 bridgehead atoms. The third-order valence-corrected chi connectivity index (χ3v) is 1.91. The van der Waals surface area contributed by atoms with Gasteiger partial charge in [0, 0.05) is 6.54 Å².